The maximum absolute atomic E-state index is 17.0. The molecule has 3 fully saturated rings. The summed E-state index contributed by atoms with van der Waals surface area (Å²) in [6.45, 7) is 8.51. The van der Waals surface area contributed by atoms with Crippen LogP contribution in [0.4, 0.5) is 14.6 Å². The van der Waals surface area contributed by atoms with Crippen molar-refractivity contribution < 1.29 is 23.4 Å². The molecule has 1 aromatic heterocycles. The van der Waals surface area contributed by atoms with E-state index in [0.717, 1.165) is 49.6 Å². The summed E-state index contributed by atoms with van der Waals surface area (Å²) in [6.07, 6.45) is 6.08. The third-order valence-corrected chi connectivity index (χ3v) is 10.5. The summed E-state index contributed by atoms with van der Waals surface area (Å²) in [5.41, 5.74) is 1.56. The number of nitrogens with zero attached hydrogens (tertiary/aromatic N) is 4. The number of β-amino-alcohol motifs (C(OH)–C–C–N with tert-alkyl or cyclic N) is 1. The first-order valence-corrected chi connectivity index (χ1v) is 16.7. The minimum absolute atomic E-state index is 0.0209. The summed E-state index contributed by atoms with van der Waals surface area (Å²) in [7, 11) is 2.20. The Kier molecular flexibility index (Phi) is 8.14. The van der Waals surface area contributed by atoms with Gasteiger partial charge in [0.2, 0.25) is 0 Å². The van der Waals surface area contributed by atoms with E-state index in [1.54, 1.807) is 19.1 Å². The smallest absolute Gasteiger partial charge is 0.319 e. The van der Waals surface area contributed by atoms with Crippen molar-refractivity contribution in [1.29, 1.82) is 0 Å². The molecule has 7 rings (SSSR count). The fourth-order valence-electron chi connectivity index (χ4n) is 8.43. The van der Waals surface area contributed by atoms with E-state index >= 15 is 8.78 Å². The van der Waals surface area contributed by atoms with Gasteiger partial charge < -0.3 is 24.4 Å². The lowest BCUT2D eigenvalue weighted by molar-refractivity contribution is -0.0123. The largest absolute Gasteiger partial charge is 0.463 e. The number of aromatic nitrogens is 2. The van der Waals surface area contributed by atoms with Crippen molar-refractivity contribution in [1.82, 2.24) is 14.9 Å². The number of ether oxygens (including phenoxy) is 2. The summed E-state index contributed by atoms with van der Waals surface area (Å²) in [4.78, 5) is 14.0. The average Bonchev–Trinajstić information content (AvgIpc) is 3.38. The Labute approximate surface area is 269 Å². The van der Waals surface area contributed by atoms with Gasteiger partial charge in [-0.3, -0.25) is 0 Å². The van der Waals surface area contributed by atoms with Crippen molar-refractivity contribution in [2.75, 3.05) is 51.4 Å². The van der Waals surface area contributed by atoms with Gasteiger partial charge in [-0.25, -0.2) is 8.78 Å². The van der Waals surface area contributed by atoms with E-state index in [2.05, 4.69) is 11.9 Å². The zero-order valence-electron chi connectivity index (χ0n) is 27.3. The van der Waals surface area contributed by atoms with E-state index in [1.807, 2.05) is 36.9 Å². The molecule has 3 atom stereocenters. The first-order chi connectivity index (χ1) is 22.1. The van der Waals surface area contributed by atoms with Gasteiger partial charge >= 0.3 is 6.01 Å². The Bertz CT molecular complexity index is 1800. The summed E-state index contributed by atoms with van der Waals surface area (Å²) in [5.74, 6) is -0.293. The Balaban J connectivity index is 1.38. The second-order valence-electron chi connectivity index (χ2n) is 14.1. The Hall–Kier alpha value is -3.40. The molecule has 2 aliphatic heterocycles. The van der Waals surface area contributed by atoms with Gasteiger partial charge in [0.1, 0.15) is 22.8 Å². The molecule has 1 aliphatic carbocycles. The minimum Gasteiger partial charge on any atom is -0.463 e. The number of benzene rings is 3. The van der Waals surface area contributed by atoms with E-state index < -0.39 is 11.4 Å². The van der Waals surface area contributed by atoms with Gasteiger partial charge in [0.15, 0.2) is 5.82 Å². The van der Waals surface area contributed by atoms with Gasteiger partial charge in [-0.15, -0.1) is 0 Å². The number of hydrogen-bond donors (Lipinski definition) is 1. The lowest BCUT2D eigenvalue weighted by atomic mass is 9.76. The molecule has 244 valence electrons. The molecule has 9 heteroatoms. The van der Waals surface area contributed by atoms with Crippen LogP contribution >= 0.6 is 0 Å². The summed E-state index contributed by atoms with van der Waals surface area (Å²) in [5, 5.41) is 13.1. The van der Waals surface area contributed by atoms with Gasteiger partial charge in [-0.1, -0.05) is 37.6 Å². The highest BCUT2D eigenvalue weighted by Gasteiger charge is 2.47. The van der Waals surface area contributed by atoms with E-state index in [9.17, 15) is 5.11 Å². The lowest BCUT2D eigenvalue weighted by Crippen LogP contribution is -2.50. The quantitative estimate of drug-likeness (QED) is 0.251. The van der Waals surface area contributed by atoms with Crippen LogP contribution in [0.1, 0.15) is 57.1 Å². The molecule has 3 aliphatic rings. The van der Waals surface area contributed by atoms with E-state index in [0.29, 0.717) is 65.5 Å². The Morgan fingerprint density at radius 3 is 2.72 bits per heavy atom. The summed E-state index contributed by atoms with van der Waals surface area (Å²) in [6, 6.07) is 11.3. The summed E-state index contributed by atoms with van der Waals surface area (Å²) >= 11 is 0. The van der Waals surface area contributed by atoms with Gasteiger partial charge in [-0.2, -0.15) is 9.97 Å². The molecule has 7 nitrogen and oxygen atoms in total. The molecule has 0 amide bonds. The maximum atomic E-state index is 17.0. The number of aliphatic hydroxyl groups is 1. The average molecular weight is 631 g/mol. The van der Waals surface area contributed by atoms with Crippen LogP contribution in [0.25, 0.3) is 32.8 Å². The molecule has 0 radical (unpaired) electrons. The fourth-order valence-corrected chi connectivity index (χ4v) is 8.43. The van der Waals surface area contributed by atoms with Crippen LogP contribution in [0.15, 0.2) is 36.4 Å². The number of halogens is 2. The van der Waals surface area contributed by atoms with E-state index in [-0.39, 0.29) is 35.9 Å². The van der Waals surface area contributed by atoms with Gasteiger partial charge in [0.25, 0.3) is 0 Å². The number of anilines is 1. The second-order valence-corrected chi connectivity index (χ2v) is 14.1. The molecule has 0 bridgehead atoms. The SMILES string of the molecule is CCc1c(F)ccc2cc(C)cc(-c3ccc4c(N5CCOCC(C)(O)C5)nc(OCC56CCCC5N(C)CCC6)nc4c3F)c12. The standard InChI is InChI=1S/C37H44F2N4O3/c1-5-25-29(38)12-9-24-18-23(2)19-28(31(24)25)26-10-11-27-33(32(26)39)40-35(41-34(27)43-16-17-45-21-36(3,44)20-43)46-22-37-13-6-8-30(37)42(4)15-7-14-37/h9-12,18-19,30,44H,5-8,13-17,20-22H2,1-4H3. The van der Waals surface area contributed by atoms with Crippen LogP contribution in [-0.2, 0) is 11.2 Å². The van der Waals surface area contributed by atoms with Crippen LogP contribution in [0, 0.1) is 24.0 Å². The predicted octanol–water partition coefficient (Wildman–Crippen LogP) is 6.83. The van der Waals surface area contributed by atoms with Crippen molar-refractivity contribution in [3.8, 4) is 17.1 Å². The molecule has 3 heterocycles. The molecule has 1 saturated carbocycles. The van der Waals surface area contributed by atoms with Gasteiger partial charge in [0, 0.05) is 29.0 Å². The van der Waals surface area contributed by atoms with Crippen molar-refractivity contribution in [3.05, 3.63) is 59.2 Å². The number of likely N-dealkylation sites (tertiary alicyclic amines) is 1. The minimum atomic E-state index is -1.11. The Morgan fingerprint density at radius 2 is 1.89 bits per heavy atom. The molecule has 3 aromatic carbocycles. The van der Waals surface area contributed by atoms with Crippen molar-refractivity contribution in [2.45, 2.75) is 70.9 Å². The monoisotopic (exact) mass is 630 g/mol. The number of rotatable bonds is 6. The zero-order chi connectivity index (χ0) is 32.2. The molecular formula is C37H44F2N4O3. The lowest BCUT2D eigenvalue weighted by Gasteiger charge is -2.44. The fraction of sp³-hybridized carbons (Fsp3) is 0.514. The molecule has 4 aromatic rings. The van der Waals surface area contributed by atoms with E-state index in [4.69, 9.17) is 19.4 Å². The predicted molar refractivity (Wildman–Crippen MR) is 178 cm³/mol. The highest BCUT2D eigenvalue weighted by Crippen LogP contribution is 2.47. The van der Waals surface area contributed by atoms with Crippen LogP contribution in [-0.4, -0.2) is 78.1 Å². The Morgan fingerprint density at radius 1 is 1.07 bits per heavy atom. The number of hydrogen-bond acceptors (Lipinski definition) is 7. The normalized spacial score (nSPS) is 25.6. The zero-order valence-corrected chi connectivity index (χ0v) is 27.3. The molecule has 2 saturated heterocycles. The third kappa shape index (κ3) is 5.50. The highest BCUT2D eigenvalue weighted by molar-refractivity contribution is 6.02. The molecule has 46 heavy (non-hydrogen) atoms. The number of fused-ring (bicyclic) bond motifs is 3. The molecule has 3 unspecified atom stereocenters. The first-order valence-electron chi connectivity index (χ1n) is 16.7. The van der Waals surface area contributed by atoms with Crippen LogP contribution in [0.5, 0.6) is 6.01 Å². The number of piperidine rings is 1. The highest BCUT2D eigenvalue weighted by atomic mass is 19.1. The van der Waals surface area contributed by atoms with Gasteiger partial charge in [-0.05, 0) is 99.1 Å². The topological polar surface area (TPSA) is 71.0 Å². The van der Waals surface area contributed by atoms with Crippen LogP contribution < -0.4 is 9.64 Å². The maximum Gasteiger partial charge on any atom is 0.319 e. The summed E-state index contributed by atoms with van der Waals surface area (Å²) < 4.78 is 44.3. The first kappa shape index (κ1) is 31.2. The molecule has 0 spiro atoms. The number of aryl methyl sites for hydroxylation is 2. The molecule has 1 N–H and O–H groups in total. The van der Waals surface area contributed by atoms with Crippen molar-refractivity contribution in [3.63, 3.8) is 0 Å². The van der Waals surface area contributed by atoms with Crippen LogP contribution in [0.3, 0.4) is 0 Å². The third-order valence-electron chi connectivity index (χ3n) is 10.5. The second kappa shape index (κ2) is 12.0. The van der Waals surface area contributed by atoms with Crippen molar-refractivity contribution in [2.24, 2.45) is 5.41 Å². The molecular weight excluding hydrogens is 586 g/mol. The van der Waals surface area contributed by atoms with Crippen LogP contribution in [0.2, 0.25) is 0 Å². The van der Waals surface area contributed by atoms with E-state index in [1.165, 1.54) is 6.07 Å². The van der Waals surface area contributed by atoms with Crippen molar-refractivity contribution >= 4 is 27.5 Å². The van der Waals surface area contributed by atoms with Gasteiger partial charge in [0.05, 0.1) is 26.4 Å².